The van der Waals surface area contributed by atoms with E-state index >= 15 is 0 Å². The van der Waals surface area contributed by atoms with Crippen LogP contribution in [-0.4, -0.2) is 47.1 Å². The van der Waals surface area contributed by atoms with Gasteiger partial charge in [0.15, 0.2) is 0 Å². The summed E-state index contributed by atoms with van der Waals surface area (Å²) in [5.74, 6) is -1.34. The van der Waals surface area contributed by atoms with Crippen molar-refractivity contribution >= 4 is 11.9 Å². The van der Waals surface area contributed by atoms with E-state index < -0.39 is 11.9 Å². The van der Waals surface area contributed by atoms with Crippen LogP contribution in [0.3, 0.4) is 0 Å². The van der Waals surface area contributed by atoms with Gasteiger partial charge in [-0.1, -0.05) is 6.92 Å². The summed E-state index contributed by atoms with van der Waals surface area (Å²) in [5, 5.41) is 12.4. The fraction of sp³-hybridized carbons (Fsp3) is 0.867. The molecule has 3 rings (SSSR count). The highest BCUT2D eigenvalue weighted by Gasteiger charge is 2.44. The summed E-state index contributed by atoms with van der Waals surface area (Å²) in [7, 11) is 0. The number of hydrogen-bond donors (Lipinski definition) is 2. The molecule has 0 bridgehead atoms. The summed E-state index contributed by atoms with van der Waals surface area (Å²) in [6, 6.07) is 0.719. The lowest BCUT2D eigenvalue weighted by molar-refractivity contribution is -0.146. The van der Waals surface area contributed by atoms with Gasteiger partial charge in [-0.05, 0) is 44.6 Å². The Morgan fingerprint density at radius 1 is 1.15 bits per heavy atom. The van der Waals surface area contributed by atoms with Gasteiger partial charge in [0.1, 0.15) is 0 Å². The Hall–Kier alpha value is -1.10. The van der Waals surface area contributed by atoms with Gasteiger partial charge in [-0.2, -0.15) is 0 Å². The molecule has 1 aliphatic carbocycles. The number of rotatable bonds is 3. The van der Waals surface area contributed by atoms with Crippen LogP contribution in [0.1, 0.15) is 39.0 Å². The fourth-order valence-corrected chi connectivity index (χ4v) is 4.40. The van der Waals surface area contributed by atoms with E-state index in [-0.39, 0.29) is 17.9 Å². The molecule has 0 radical (unpaired) electrons. The van der Waals surface area contributed by atoms with Crippen molar-refractivity contribution in [1.29, 1.82) is 0 Å². The van der Waals surface area contributed by atoms with Gasteiger partial charge in [-0.25, -0.2) is 0 Å². The predicted octanol–water partition coefficient (Wildman–Crippen LogP) is 1.09. The van der Waals surface area contributed by atoms with Gasteiger partial charge in [0.05, 0.1) is 11.8 Å². The Morgan fingerprint density at radius 2 is 1.90 bits per heavy atom. The standard InChI is InChI=1S/C15H24N2O3/c1-9-7-10(11(8-9)15(19)20)14(18)16-12-4-6-17-5-2-3-13(12)17/h9-13H,2-8H2,1H3,(H,16,18)(H,19,20)/t9?,10-,11+,12?,13?/m0/s1. The number of carboxylic acids is 1. The molecular weight excluding hydrogens is 256 g/mol. The smallest absolute Gasteiger partial charge is 0.307 e. The minimum absolute atomic E-state index is 0.0273. The van der Waals surface area contributed by atoms with Gasteiger partial charge in [-0.3, -0.25) is 14.5 Å². The van der Waals surface area contributed by atoms with E-state index in [0.717, 1.165) is 25.9 Å². The molecule has 112 valence electrons. The van der Waals surface area contributed by atoms with Crippen LogP contribution in [0.25, 0.3) is 0 Å². The summed E-state index contributed by atoms with van der Waals surface area (Å²) in [6.07, 6.45) is 4.73. The zero-order valence-corrected chi connectivity index (χ0v) is 12.0. The molecule has 1 amide bonds. The van der Waals surface area contributed by atoms with E-state index in [4.69, 9.17) is 0 Å². The Bertz CT molecular complexity index is 412. The Morgan fingerprint density at radius 3 is 2.65 bits per heavy atom. The van der Waals surface area contributed by atoms with E-state index in [0.29, 0.717) is 24.8 Å². The van der Waals surface area contributed by atoms with E-state index in [1.54, 1.807) is 0 Å². The van der Waals surface area contributed by atoms with Crippen LogP contribution < -0.4 is 5.32 Å². The molecule has 1 saturated carbocycles. The molecule has 3 unspecified atom stereocenters. The highest BCUT2D eigenvalue weighted by molar-refractivity contribution is 5.85. The first-order chi connectivity index (χ1) is 9.56. The molecule has 0 aromatic carbocycles. The number of nitrogens with zero attached hydrogens (tertiary/aromatic N) is 1. The van der Waals surface area contributed by atoms with Crippen LogP contribution in [-0.2, 0) is 9.59 Å². The van der Waals surface area contributed by atoms with E-state index in [1.165, 1.54) is 6.42 Å². The number of aliphatic carboxylic acids is 1. The fourth-order valence-electron chi connectivity index (χ4n) is 4.40. The summed E-state index contributed by atoms with van der Waals surface area (Å²) in [4.78, 5) is 26.2. The van der Waals surface area contributed by atoms with Gasteiger partial charge in [0.2, 0.25) is 5.91 Å². The molecular formula is C15H24N2O3. The molecule has 0 aromatic heterocycles. The second-order valence-electron chi connectivity index (χ2n) is 6.78. The second-order valence-corrected chi connectivity index (χ2v) is 6.78. The number of carbonyl (C=O) groups excluding carboxylic acids is 1. The molecule has 5 nitrogen and oxygen atoms in total. The maximum atomic E-state index is 12.5. The number of fused-ring (bicyclic) bond motifs is 1. The van der Waals surface area contributed by atoms with Crippen molar-refractivity contribution in [1.82, 2.24) is 10.2 Å². The summed E-state index contributed by atoms with van der Waals surface area (Å²) < 4.78 is 0. The van der Waals surface area contributed by atoms with E-state index in [2.05, 4.69) is 10.2 Å². The quantitative estimate of drug-likeness (QED) is 0.812. The van der Waals surface area contributed by atoms with Gasteiger partial charge >= 0.3 is 5.97 Å². The minimum Gasteiger partial charge on any atom is -0.481 e. The van der Waals surface area contributed by atoms with Crippen molar-refractivity contribution in [3.8, 4) is 0 Å². The molecule has 0 aromatic rings. The van der Waals surface area contributed by atoms with Crippen molar-refractivity contribution < 1.29 is 14.7 Å². The summed E-state index contributed by atoms with van der Waals surface area (Å²) in [5.41, 5.74) is 0. The topological polar surface area (TPSA) is 69.6 Å². The average molecular weight is 280 g/mol. The molecule has 2 aliphatic heterocycles. The minimum atomic E-state index is -0.816. The average Bonchev–Trinajstić information content (AvgIpc) is 3.05. The van der Waals surface area contributed by atoms with Gasteiger partial charge < -0.3 is 10.4 Å². The SMILES string of the molecule is CC1C[C@H](C(=O)NC2CCN3CCCC23)[C@H](C(=O)O)C1. The third-order valence-electron chi connectivity index (χ3n) is 5.39. The number of carbonyl (C=O) groups is 2. The first-order valence-corrected chi connectivity index (χ1v) is 7.83. The molecule has 2 heterocycles. The van der Waals surface area contributed by atoms with Crippen molar-refractivity contribution in [3.05, 3.63) is 0 Å². The van der Waals surface area contributed by atoms with Gasteiger partial charge in [0.25, 0.3) is 0 Å². The van der Waals surface area contributed by atoms with Gasteiger partial charge in [-0.15, -0.1) is 0 Å². The number of carboxylic acid groups (broad SMARTS) is 1. The monoisotopic (exact) mass is 280 g/mol. The summed E-state index contributed by atoms with van der Waals surface area (Å²) >= 11 is 0. The molecule has 3 fully saturated rings. The number of nitrogens with one attached hydrogen (secondary N) is 1. The Kier molecular flexibility index (Phi) is 3.71. The van der Waals surface area contributed by atoms with Crippen molar-refractivity contribution in [2.45, 2.75) is 51.1 Å². The third kappa shape index (κ3) is 2.43. The first kappa shape index (κ1) is 13.9. The third-order valence-corrected chi connectivity index (χ3v) is 5.39. The van der Waals surface area contributed by atoms with Crippen molar-refractivity contribution in [3.63, 3.8) is 0 Å². The molecule has 2 saturated heterocycles. The molecule has 5 heteroatoms. The number of amides is 1. The predicted molar refractivity (Wildman–Crippen MR) is 74.2 cm³/mol. The second kappa shape index (κ2) is 5.35. The van der Waals surface area contributed by atoms with Crippen LogP contribution in [0.2, 0.25) is 0 Å². The van der Waals surface area contributed by atoms with Crippen LogP contribution in [0, 0.1) is 17.8 Å². The van der Waals surface area contributed by atoms with Crippen molar-refractivity contribution in [2.75, 3.05) is 13.1 Å². The van der Waals surface area contributed by atoms with Gasteiger partial charge in [0, 0.05) is 18.6 Å². The normalized spacial score (nSPS) is 40.8. The molecule has 2 N–H and O–H groups in total. The van der Waals surface area contributed by atoms with Crippen molar-refractivity contribution in [2.24, 2.45) is 17.8 Å². The zero-order valence-electron chi connectivity index (χ0n) is 12.0. The molecule has 0 spiro atoms. The highest BCUT2D eigenvalue weighted by Crippen LogP contribution is 2.37. The summed E-state index contributed by atoms with van der Waals surface area (Å²) in [6.45, 7) is 4.26. The Labute approximate surface area is 119 Å². The maximum Gasteiger partial charge on any atom is 0.307 e. The lowest BCUT2D eigenvalue weighted by Crippen LogP contribution is -2.46. The largest absolute Gasteiger partial charge is 0.481 e. The molecule has 20 heavy (non-hydrogen) atoms. The van der Waals surface area contributed by atoms with E-state index in [1.807, 2.05) is 6.92 Å². The van der Waals surface area contributed by atoms with E-state index in [9.17, 15) is 14.7 Å². The Balaban J connectivity index is 1.62. The molecule has 3 aliphatic rings. The lowest BCUT2D eigenvalue weighted by atomic mass is 9.94. The lowest BCUT2D eigenvalue weighted by Gasteiger charge is -2.24. The van der Waals surface area contributed by atoms with Crippen LogP contribution in [0.5, 0.6) is 0 Å². The van der Waals surface area contributed by atoms with Crippen LogP contribution in [0.4, 0.5) is 0 Å². The van der Waals surface area contributed by atoms with Crippen LogP contribution in [0.15, 0.2) is 0 Å². The maximum absolute atomic E-state index is 12.5. The molecule has 5 atom stereocenters. The number of hydrogen-bond acceptors (Lipinski definition) is 3. The zero-order chi connectivity index (χ0) is 14.3. The first-order valence-electron chi connectivity index (χ1n) is 7.83. The van der Waals surface area contributed by atoms with Crippen LogP contribution >= 0.6 is 0 Å². The highest BCUT2D eigenvalue weighted by atomic mass is 16.4.